The minimum absolute atomic E-state index is 0. The number of nitrogens with zero attached hydrogens (tertiary/aromatic N) is 2. The predicted molar refractivity (Wildman–Crippen MR) is 117 cm³/mol. The monoisotopic (exact) mass is 520 g/mol. The lowest BCUT2D eigenvalue weighted by Crippen LogP contribution is -2.40. The van der Waals surface area contributed by atoms with E-state index >= 15 is 0 Å². The number of non-ortho nitro benzene ring substituents is 1. The summed E-state index contributed by atoms with van der Waals surface area (Å²) < 4.78 is 32.1. The molecule has 7 nitrogen and oxygen atoms in total. The van der Waals surface area contributed by atoms with Crippen LogP contribution < -0.4 is 10.6 Å². The van der Waals surface area contributed by atoms with Crippen LogP contribution >= 0.6 is 24.0 Å². The van der Waals surface area contributed by atoms with Gasteiger partial charge in [0.15, 0.2) is 5.96 Å². The Hall–Kier alpha value is -2.34. The molecule has 0 saturated heterocycles. The van der Waals surface area contributed by atoms with Gasteiger partial charge in [0.2, 0.25) is 0 Å². The number of rotatable bonds is 8. The van der Waals surface area contributed by atoms with Crippen LogP contribution in [-0.4, -0.2) is 31.1 Å². The van der Waals surface area contributed by atoms with Gasteiger partial charge in [-0.1, -0.05) is 18.2 Å². The first-order valence-electron chi connectivity index (χ1n) is 8.62. The van der Waals surface area contributed by atoms with Crippen LogP contribution in [0, 0.1) is 21.7 Å². The molecule has 1 atom stereocenters. The zero-order valence-corrected chi connectivity index (χ0v) is 18.4. The molecular weight excluding hydrogens is 497 g/mol. The van der Waals surface area contributed by atoms with Crippen molar-refractivity contribution in [3.8, 4) is 0 Å². The maximum absolute atomic E-state index is 14.0. The Morgan fingerprint density at radius 1 is 1.24 bits per heavy atom. The van der Waals surface area contributed by atoms with Gasteiger partial charge in [0.1, 0.15) is 11.6 Å². The maximum Gasteiger partial charge on any atom is 0.269 e. The fourth-order valence-electron chi connectivity index (χ4n) is 2.45. The molecule has 158 valence electrons. The summed E-state index contributed by atoms with van der Waals surface area (Å²) in [6, 6.07) is 9.01. The maximum atomic E-state index is 14.0. The summed E-state index contributed by atoms with van der Waals surface area (Å²) in [6.45, 7) is 2.91. The fraction of sp³-hybridized carbons (Fsp3) is 0.316. The molecule has 0 aliphatic heterocycles. The van der Waals surface area contributed by atoms with Crippen molar-refractivity contribution in [3.05, 3.63) is 75.3 Å². The average Bonchev–Trinajstić information content (AvgIpc) is 2.66. The zero-order chi connectivity index (χ0) is 20.5. The Labute approximate surface area is 184 Å². The fourth-order valence-corrected chi connectivity index (χ4v) is 2.45. The first kappa shape index (κ1) is 24.7. The van der Waals surface area contributed by atoms with Crippen LogP contribution in [-0.2, 0) is 11.3 Å². The van der Waals surface area contributed by atoms with Crippen molar-refractivity contribution in [2.75, 3.05) is 20.3 Å². The van der Waals surface area contributed by atoms with E-state index in [0.29, 0.717) is 24.7 Å². The van der Waals surface area contributed by atoms with Crippen LogP contribution in [0.4, 0.5) is 14.5 Å². The molecule has 2 rings (SSSR count). The van der Waals surface area contributed by atoms with Crippen molar-refractivity contribution in [1.82, 2.24) is 10.6 Å². The Bertz CT molecular complexity index is 835. The smallest absolute Gasteiger partial charge is 0.269 e. The standard InChI is InChI=1S/C19H22F2N4O3.HI/c1-13(17-8-5-15(20)11-18(17)21)24-19(22-9-10-28-2)23-12-14-3-6-16(7-4-14)25(26)27;/h3-8,11,13H,9-10,12H2,1-2H3,(H2,22,23,24);1H. The van der Waals surface area contributed by atoms with E-state index in [-0.39, 0.29) is 36.2 Å². The summed E-state index contributed by atoms with van der Waals surface area (Å²) in [5, 5.41) is 16.8. The lowest BCUT2D eigenvalue weighted by Gasteiger charge is -2.19. The van der Waals surface area contributed by atoms with Gasteiger partial charge in [-0.15, -0.1) is 24.0 Å². The van der Waals surface area contributed by atoms with E-state index in [1.807, 2.05) is 0 Å². The Morgan fingerprint density at radius 3 is 2.52 bits per heavy atom. The number of ether oxygens (including phenoxy) is 1. The van der Waals surface area contributed by atoms with Crippen molar-refractivity contribution in [3.63, 3.8) is 0 Å². The third kappa shape index (κ3) is 7.89. The number of nitro groups is 1. The lowest BCUT2D eigenvalue weighted by atomic mass is 10.1. The van der Waals surface area contributed by atoms with Crippen LogP contribution in [0.2, 0.25) is 0 Å². The number of nitro benzene ring substituents is 1. The molecule has 10 heteroatoms. The quantitative estimate of drug-likeness (QED) is 0.138. The van der Waals surface area contributed by atoms with Gasteiger partial charge in [-0.3, -0.25) is 10.1 Å². The molecule has 0 amide bonds. The van der Waals surface area contributed by atoms with Gasteiger partial charge < -0.3 is 15.4 Å². The van der Waals surface area contributed by atoms with Gasteiger partial charge in [0.05, 0.1) is 24.1 Å². The van der Waals surface area contributed by atoms with E-state index in [1.165, 1.54) is 24.3 Å². The molecule has 0 radical (unpaired) electrons. The largest absolute Gasteiger partial charge is 0.383 e. The highest BCUT2D eigenvalue weighted by Crippen LogP contribution is 2.18. The van der Waals surface area contributed by atoms with Gasteiger partial charge in [-0.2, -0.15) is 0 Å². The second kappa shape index (κ2) is 12.3. The molecule has 0 spiro atoms. The Morgan fingerprint density at radius 2 is 1.93 bits per heavy atom. The number of guanidine groups is 1. The average molecular weight is 520 g/mol. The second-order valence-electron chi connectivity index (χ2n) is 6.04. The lowest BCUT2D eigenvalue weighted by molar-refractivity contribution is -0.384. The van der Waals surface area contributed by atoms with E-state index in [2.05, 4.69) is 15.6 Å². The number of methoxy groups -OCH3 is 1. The number of hydrogen-bond acceptors (Lipinski definition) is 4. The molecule has 2 aromatic carbocycles. The Balaban J connectivity index is 0.00000420. The van der Waals surface area contributed by atoms with Gasteiger partial charge in [0, 0.05) is 37.4 Å². The third-order valence-corrected chi connectivity index (χ3v) is 3.95. The number of hydrogen-bond donors (Lipinski definition) is 2. The van der Waals surface area contributed by atoms with E-state index < -0.39 is 22.6 Å². The first-order chi connectivity index (χ1) is 13.4. The first-order valence-corrected chi connectivity index (χ1v) is 8.62. The van der Waals surface area contributed by atoms with Gasteiger partial charge in [-0.25, -0.2) is 13.8 Å². The van der Waals surface area contributed by atoms with Crippen LogP contribution in [0.3, 0.4) is 0 Å². The van der Waals surface area contributed by atoms with E-state index in [0.717, 1.165) is 11.6 Å². The molecule has 2 N–H and O–H groups in total. The molecule has 0 aromatic heterocycles. The van der Waals surface area contributed by atoms with E-state index in [9.17, 15) is 18.9 Å². The highest BCUT2D eigenvalue weighted by molar-refractivity contribution is 14.0. The zero-order valence-electron chi connectivity index (χ0n) is 16.0. The second-order valence-corrected chi connectivity index (χ2v) is 6.04. The molecule has 2 aromatic rings. The Kier molecular flexibility index (Phi) is 10.5. The van der Waals surface area contributed by atoms with Crippen LogP contribution in [0.15, 0.2) is 47.5 Å². The topological polar surface area (TPSA) is 88.8 Å². The highest BCUT2D eigenvalue weighted by atomic mass is 127. The summed E-state index contributed by atoms with van der Waals surface area (Å²) in [7, 11) is 1.57. The van der Waals surface area contributed by atoms with E-state index in [4.69, 9.17) is 4.74 Å². The normalized spacial score (nSPS) is 12.1. The number of aliphatic imine (C=N–C) groups is 1. The molecule has 1 unspecified atom stereocenters. The van der Waals surface area contributed by atoms with Crippen molar-refractivity contribution in [1.29, 1.82) is 0 Å². The minimum Gasteiger partial charge on any atom is -0.383 e. The molecule has 0 saturated carbocycles. The van der Waals surface area contributed by atoms with Gasteiger partial charge >= 0.3 is 0 Å². The molecule has 0 fully saturated rings. The van der Waals surface area contributed by atoms with Crippen molar-refractivity contribution < 1.29 is 18.4 Å². The summed E-state index contributed by atoms with van der Waals surface area (Å²) in [5.74, 6) is -0.878. The van der Waals surface area contributed by atoms with Crippen LogP contribution in [0.25, 0.3) is 0 Å². The third-order valence-electron chi connectivity index (χ3n) is 3.95. The van der Waals surface area contributed by atoms with Crippen molar-refractivity contribution in [2.45, 2.75) is 19.5 Å². The van der Waals surface area contributed by atoms with Crippen molar-refractivity contribution >= 4 is 35.6 Å². The summed E-state index contributed by atoms with van der Waals surface area (Å²) >= 11 is 0. The summed E-state index contributed by atoms with van der Waals surface area (Å²) in [6.07, 6.45) is 0. The molecule has 0 aliphatic carbocycles. The summed E-state index contributed by atoms with van der Waals surface area (Å²) in [5.41, 5.74) is 1.08. The number of benzene rings is 2. The van der Waals surface area contributed by atoms with Crippen LogP contribution in [0.1, 0.15) is 24.1 Å². The van der Waals surface area contributed by atoms with Crippen molar-refractivity contribution in [2.24, 2.45) is 4.99 Å². The number of nitrogens with one attached hydrogen (secondary N) is 2. The minimum atomic E-state index is -0.647. The van der Waals surface area contributed by atoms with Crippen LogP contribution in [0.5, 0.6) is 0 Å². The SMILES string of the molecule is COCCNC(=NCc1ccc([N+](=O)[O-])cc1)NC(C)c1ccc(F)cc1F.I. The molecule has 29 heavy (non-hydrogen) atoms. The summed E-state index contributed by atoms with van der Waals surface area (Å²) in [4.78, 5) is 14.7. The highest BCUT2D eigenvalue weighted by Gasteiger charge is 2.13. The molecule has 0 bridgehead atoms. The molecular formula is C19H23F2IN4O3. The predicted octanol–water partition coefficient (Wildman–Crippen LogP) is 3.93. The van der Waals surface area contributed by atoms with Gasteiger partial charge in [-0.05, 0) is 18.6 Å². The van der Waals surface area contributed by atoms with Gasteiger partial charge in [0.25, 0.3) is 5.69 Å². The molecule has 0 aliphatic rings. The molecule has 0 heterocycles. The van der Waals surface area contributed by atoms with E-state index in [1.54, 1.807) is 26.2 Å². The number of halogens is 3.